The molecule has 0 fully saturated rings. The van der Waals surface area contributed by atoms with Gasteiger partial charge in [0, 0.05) is 11.5 Å². The van der Waals surface area contributed by atoms with E-state index >= 15 is 0 Å². The van der Waals surface area contributed by atoms with Gasteiger partial charge in [-0.25, -0.2) is 9.59 Å². The quantitative estimate of drug-likeness (QED) is 0.765. The van der Waals surface area contributed by atoms with Crippen LogP contribution < -0.4 is 11.4 Å². The van der Waals surface area contributed by atoms with E-state index < -0.39 is 6.09 Å². The predicted octanol–water partition coefficient (Wildman–Crippen LogP) is 1.89. The second kappa shape index (κ2) is 6.32. The van der Waals surface area contributed by atoms with Crippen LogP contribution in [-0.4, -0.2) is 12.7 Å². The summed E-state index contributed by atoms with van der Waals surface area (Å²) in [5.41, 5.74) is 4.88. The zero-order chi connectivity index (χ0) is 12.7. The maximum Gasteiger partial charge on any atom is 0.404 e. The van der Waals surface area contributed by atoms with Crippen molar-refractivity contribution in [1.82, 2.24) is 0 Å². The molecule has 17 heavy (non-hydrogen) atoms. The summed E-state index contributed by atoms with van der Waals surface area (Å²) >= 11 is 0. The highest BCUT2D eigenvalue weighted by atomic mass is 16.5. The maximum absolute atomic E-state index is 10.7. The van der Waals surface area contributed by atoms with E-state index in [1.165, 1.54) is 6.07 Å². The Morgan fingerprint density at radius 2 is 2.00 bits per heavy atom. The van der Waals surface area contributed by atoms with Crippen molar-refractivity contribution >= 4 is 17.1 Å². The van der Waals surface area contributed by atoms with Gasteiger partial charge in [-0.2, -0.15) is 0 Å². The van der Waals surface area contributed by atoms with Crippen molar-refractivity contribution < 1.29 is 13.9 Å². The van der Waals surface area contributed by atoms with Gasteiger partial charge >= 0.3 is 11.7 Å². The highest BCUT2D eigenvalue weighted by molar-refractivity contribution is 5.75. The second-order valence-corrected chi connectivity index (χ2v) is 3.04. The van der Waals surface area contributed by atoms with Crippen LogP contribution >= 0.6 is 0 Å². The van der Waals surface area contributed by atoms with E-state index in [4.69, 9.17) is 4.42 Å². The number of carbonyl (C=O) groups is 1. The Labute approximate surface area is 97.8 Å². The van der Waals surface area contributed by atoms with E-state index in [2.05, 4.69) is 10.5 Å². The molecule has 0 bridgehead atoms. The molecular weight excluding hydrogens is 222 g/mol. The first-order valence-corrected chi connectivity index (χ1v) is 5.04. The van der Waals surface area contributed by atoms with Crippen LogP contribution in [0.25, 0.3) is 11.0 Å². The average Bonchev–Trinajstić information content (AvgIpc) is 2.29. The van der Waals surface area contributed by atoms with Crippen LogP contribution in [0.2, 0.25) is 0 Å². The van der Waals surface area contributed by atoms with Crippen LogP contribution in [0.5, 0.6) is 0 Å². The van der Waals surface area contributed by atoms with Crippen molar-refractivity contribution in [1.29, 1.82) is 0 Å². The van der Waals surface area contributed by atoms with E-state index in [1.807, 2.05) is 18.2 Å². The predicted molar refractivity (Wildman–Crippen MR) is 63.7 cm³/mol. The molecule has 0 unspecified atom stereocenters. The summed E-state index contributed by atoms with van der Waals surface area (Å²) in [6.07, 6.45) is -0.711. The van der Waals surface area contributed by atoms with Crippen molar-refractivity contribution in [3.63, 3.8) is 0 Å². The molecular formula is C12H13NO4. The second-order valence-electron chi connectivity index (χ2n) is 3.04. The number of para-hydroxylation sites is 1. The number of ether oxygens (including phenoxy) is 1. The van der Waals surface area contributed by atoms with Gasteiger partial charge < -0.3 is 14.9 Å². The number of carbonyl (C=O) groups excluding carboxylic acids is 1. The third-order valence-corrected chi connectivity index (χ3v) is 1.82. The molecule has 2 N–H and O–H groups in total. The first kappa shape index (κ1) is 12.8. The third kappa shape index (κ3) is 4.38. The smallest absolute Gasteiger partial charge is 0.404 e. The number of rotatable bonds is 1. The van der Waals surface area contributed by atoms with Crippen molar-refractivity contribution in [2.75, 3.05) is 6.61 Å². The maximum atomic E-state index is 10.7. The van der Waals surface area contributed by atoms with Crippen molar-refractivity contribution in [3.8, 4) is 0 Å². The number of nitrogens with two attached hydrogens (primary N) is 1. The molecule has 90 valence electrons. The fourth-order valence-electron chi connectivity index (χ4n) is 1.15. The average molecular weight is 235 g/mol. The SMILES string of the molecule is CCOC(N)=O.O=c1ccc2ccccc2o1. The summed E-state index contributed by atoms with van der Waals surface area (Å²) < 4.78 is 9.09. The normalized spacial score (nSPS) is 9.24. The van der Waals surface area contributed by atoms with Crippen LogP contribution in [-0.2, 0) is 4.74 Å². The molecule has 2 rings (SSSR count). The summed E-state index contributed by atoms with van der Waals surface area (Å²) in [7, 11) is 0. The van der Waals surface area contributed by atoms with Gasteiger partial charge in [0.25, 0.3) is 0 Å². The largest absolute Gasteiger partial charge is 0.450 e. The van der Waals surface area contributed by atoms with Crippen LogP contribution in [0.4, 0.5) is 4.79 Å². The standard InChI is InChI=1S/C9H6O2.C3H7NO2/c10-9-6-5-7-3-1-2-4-8(7)11-9;1-2-6-3(4)5/h1-6H;2H2,1H3,(H2,4,5). The Hall–Kier alpha value is -2.30. The lowest BCUT2D eigenvalue weighted by Gasteiger charge is -1.91. The molecule has 0 saturated carbocycles. The van der Waals surface area contributed by atoms with E-state index in [1.54, 1.807) is 19.1 Å². The summed E-state index contributed by atoms with van der Waals surface area (Å²) in [6, 6.07) is 10.6. The molecule has 0 atom stereocenters. The van der Waals surface area contributed by atoms with Crippen LogP contribution in [0.1, 0.15) is 6.92 Å². The summed E-state index contributed by atoms with van der Waals surface area (Å²) in [5.74, 6) is 0. The molecule has 5 heteroatoms. The molecule has 1 aromatic heterocycles. The summed E-state index contributed by atoms with van der Waals surface area (Å²) in [4.78, 5) is 20.3. The molecule has 1 aromatic carbocycles. The van der Waals surface area contributed by atoms with E-state index in [-0.39, 0.29) is 5.63 Å². The topological polar surface area (TPSA) is 82.5 Å². The number of hydrogen-bond acceptors (Lipinski definition) is 4. The monoisotopic (exact) mass is 235 g/mol. The van der Waals surface area contributed by atoms with Gasteiger partial charge in [-0.3, -0.25) is 0 Å². The molecule has 1 amide bonds. The van der Waals surface area contributed by atoms with Crippen LogP contribution in [0.15, 0.2) is 45.6 Å². The highest BCUT2D eigenvalue weighted by Crippen LogP contribution is 2.08. The van der Waals surface area contributed by atoms with E-state index in [0.717, 1.165) is 5.39 Å². The van der Waals surface area contributed by atoms with Crippen molar-refractivity contribution in [3.05, 3.63) is 46.8 Å². The summed E-state index contributed by atoms with van der Waals surface area (Å²) in [5, 5.41) is 0.951. The lowest BCUT2D eigenvalue weighted by atomic mass is 10.2. The fraction of sp³-hybridized carbons (Fsp3) is 0.167. The summed E-state index contributed by atoms with van der Waals surface area (Å²) in [6.45, 7) is 2.06. The Morgan fingerprint density at radius 3 is 2.59 bits per heavy atom. The van der Waals surface area contributed by atoms with Gasteiger partial charge in [-0.05, 0) is 19.1 Å². The number of primary amides is 1. The zero-order valence-electron chi connectivity index (χ0n) is 9.38. The Morgan fingerprint density at radius 1 is 1.29 bits per heavy atom. The lowest BCUT2D eigenvalue weighted by Crippen LogP contribution is -2.11. The first-order chi connectivity index (χ1) is 8.13. The Kier molecular flexibility index (Phi) is 4.75. The third-order valence-electron chi connectivity index (χ3n) is 1.82. The van der Waals surface area contributed by atoms with Gasteiger partial charge in [0.15, 0.2) is 0 Å². The zero-order valence-corrected chi connectivity index (χ0v) is 9.38. The minimum absolute atomic E-state index is 0.302. The molecule has 0 aliphatic rings. The lowest BCUT2D eigenvalue weighted by molar-refractivity contribution is 0.163. The minimum atomic E-state index is -0.711. The molecule has 0 radical (unpaired) electrons. The number of hydrogen-bond donors (Lipinski definition) is 1. The molecule has 0 aliphatic heterocycles. The minimum Gasteiger partial charge on any atom is -0.450 e. The molecule has 1 heterocycles. The molecule has 0 spiro atoms. The Balaban J connectivity index is 0.000000209. The number of amides is 1. The highest BCUT2D eigenvalue weighted by Gasteiger charge is 1.92. The first-order valence-electron chi connectivity index (χ1n) is 5.04. The molecule has 2 aromatic rings. The van der Waals surface area contributed by atoms with Gasteiger partial charge in [-0.1, -0.05) is 18.2 Å². The number of fused-ring (bicyclic) bond motifs is 1. The number of benzene rings is 1. The van der Waals surface area contributed by atoms with Gasteiger partial charge in [-0.15, -0.1) is 0 Å². The van der Waals surface area contributed by atoms with E-state index in [0.29, 0.717) is 12.2 Å². The molecule has 5 nitrogen and oxygen atoms in total. The van der Waals surface area contributed by atoms with Gasteiger partial charge in [0.05, 0.1) is 6.61 Å². The molecule has 0 aliphatic carbocycles. The van der Waals surface area contributed by atoms with Crippen molar-refractivity contribution in [2.24, 2.45) is 5.73 Å². The van der Waals surface area contributed by atoms with Crippen LogP contribution in [0.3, 0.4) is 0 Å². The van der Waals surface area contributed by atoms with Crippen LogP contribution in [0, 0.1) is 0 Å². The van der Waals surface area contributed by atoms with Crippen molar-refractivity contribution in [2.45, 2.75) is 6.92 Å². The van der Waals surface area contributed by atoms with Gasteiger partial charge in [0.2, 0.25) is 0 Å². The van der Waals surface area contributed by atoms with E-state index in [9.17, 15) is 9.59 Å². The Bertz CT molecular complexity index is 547. The van der Waals surface area contributed by atoms with Gasteiger partial charge in [0.1, 0.15) is 5.58 Å². The fourth-order valence-corrected chi connectivity index (χ4v) is 1.15. The molecule has 0 saturated heterocycles.